The average Bonchev–Trinajstić information content (AvgIpc) is 3.28. The number of fused-ring (bicyclic) bond motifs is 1. The van der Waals surface area contributed by atoms with Gasteiger partial charge >= 0.3 is 5.97 Å². The Bertz CT molecular complexity index is 826. The van der Waals surface area contributed by atoms with E-state index in [9.17, 15) is 4.79 Å². The normalized spacial score (nSPS) is 12.5. The van der Waals surface area contributed by atoms with Gasteiger partial charge in [-0.05, 0) is 57.2 Å². The zero-order chi connectivity index (χ0) is 25.0. The van der Waals surface area contributed by atoms with Crippen LogP contribution in [0.1, 0.15) is 109 Å². The number of H-pyrrole nitrogens is 1. The number of hydrogen-bond donors (Lipinski definition) is 2. The van der Waals surface area contributed by atoms with Crippen LogP contribution >= 0.6 is 0 Å². The molecule has 0 spiro atoms. The van der Waals surface area contributed by atoms with E-state index in [4.69, 9.17) is 4.74 Å². The number of ether oxygens (including phenoxy) is 1. The molecule has 0 aliphatic rings. The van der Waals surface area contributed by atoms with Crippen LogP contribution in [0.4, 0.5) is 0 Å². The fraction of sp³-hybridized carbons (Fsp3) is 0.645. The molecule has 2 rings (SSSR count). The Balaban J connectivity index is 1.52. The number of hydrogen-bond acceptors (Lipinski definition) is 3. The number of benzene rings is 1. The van der Waals surface area contributed by atoms with E-state index >= 15 is 0 Å². The van der Waals surface area contributed by atoms with E-state index in [2.05, 4.69) is 41.5 Å². The summed E-state index contributed by atoms with van der Waals surface area (Å²) in [4.78, 5) is 15.8. The summed E-state index contributed by atoms with van der Waals surface area (Å²) in [5.74, 6) is -0.151. The first-order chi connectivity index (χ1) is 17.3. The van der Waals surface area contributed by atoms with Gasteiger partial charge in [0.15, 0.2) is 0 Å². The molecule has 0 radical (unpaired) electrons. The van der Waals surface area contributed by atoms with Gasteiger partial charge in [0.25, 0.3) is 0 Å². The molecule has 196 valence electrons. The summed E-state index contributed by atoms with van der Waals surface area (Å²) >= 11 is 0. The summed E-state index contributed by atoms with van der Waals surface area (Å²) in [7, 11) is 0. The number of rotatable bonds is 21. The molecule has 4 nitrogen and oxygen atoms in total. The Morgan fingerprint density at radius 3 is 2.20 bits per heavy atom. The highest BCUT2D eigenvalue weighted by atomic mass is 16.5. The van der Waals surface area contributed by atoms with Crippen LogP contribution in [0.25, 0.3) is 10.9 Å². The molecule has 1 aromatic heterocycles. The van der Waals surface area contributed by atoms with Crippen molar-refractivity contribution in [2.24, 2.45) is 0 Å². The first-order valence-corrected chi connectivity index (χ1v) is 14.4. The van der Waals surface area contributed by atoms with E-state index in [0.717, 1.165) is 24.0 Å². The molecule has 4 heteroatoms. The Morgan fingerprint density at radius 1 is 0.886 bits per heavy atom. The molecular formula is C31H50N2O2. The summed E-state index contributed by atoms with van der Waals surface area (Å²) < 4.78 is 5.33. The van der Waals surface area contributed by atoms with Crippen molar-refractivity contribution in [1.82, 2.24) is 10.3 Å². The average molecular weight is 483 g/mol. The van der Waals surface area contributed by atoms with Crippen molar-refractivity contribution in [3.63, 3.8) is 0 Å². The number of para-hydroxylation sites is 1. The third-order valence-electron chi connectivity index (χ3n) is 6.75. The number of nitrogens with one attached hydrogen (secondary N) is 2. The number of carbonyl (C=O) groups is 1. The largest absolute Gasteiger partial charge is 0.465 e. The number of aromatic nitrogens is 1. The van der Waals surface area contributed by atoms with Gasteiger partial charge in [-0.1, -0.05) is 95.1 Å². The molecule has 1 heterocycles. The second-order valence-electron chi connectivity index (χ2n) is 9.76. The maximum atomic E-state index is 12.5. The second-order valence-corrected chi connectivity index (χ2v) is 9.76. The van der Waals surface area contributed by atoms with Crippen LogP contribution in [0.3, 0.4) is 0 Å². The van der Waals surface area contributed by atoms with E-state index < -0.39 is 0 Å². The quantitative estimate of drug-likeness (QED) is 0.107. The lowest BCUT2D eigenvalue weighted by atomic mass is 10.0. The molecule has 0 unspecified atom stereocenters. The van der Waals surface area contributed by atoms with Gasteiger partial charge in [-0.2, -0.15) is 0 Å². The van der Waals surface area contributed by atoms with Crippen LogP contribution in [0.15, 0.2) is 42.6 Å². The van der Waals surface area contributed by atoms with E-state index in [0.29, 0.717) is 13.0 Å². The maximum Gasteiger partial charge on any atom is 0.323 e. The number of allylic oxidation sites excluding steroid dienone is 2. The van der Waals surface area contributed by atoms with Gasteiger partial charge in [-0.3, -0.25) is 4.79 Å². The van der Waals surface area contributed by atoms with Gasteiger partial charge < -0.3 is 15.0 Å². The number of esters is 1. The highest BCUT2D eigenvalue weighted by Crippen LogP contribution is 2.19. The standard InChI is InChI=1S/C31H50N2O2/c1-3-5-6-7-8-9-10-11-12-13-14-15-16-17-18-21-24-32-30(31(34)35-4-2)25-27-26-33-29-23-20-19-22-28(27)29/h11-12,19-20,22-23,26,30,32-33H,3-10,13-18,21,24-25H2,1-2H3/t30-/m0/s1. The van der Waals surface area contributed by atoms with E-state index in [-0.39, 0.29) is 12.0 Å². The van der Waals surface area contributed by atoms with Crippen molar-refractivity contribution in [3.05, 3.63) is 48.2 Å². The molecule has 1 atom stereocenters. The molecule has 0 aliphatic heterocycles. The Morgan fingerprint density at radius 2 is 1.51 bits per heavy atom. The van der Waals surface area contributed by atoms with Crippen LogP contribution in [0, 0.1) is 0 Å². The van der Waals surface area contributed by atoms with Gasteiger partial charge in [-0.15, -0.1) is 0 Å². The monoisotopic (exact) mass is 482 g/mol. The Labute approximate surface area is 214 Å². The number of aromatic amines is 1. The maximum absolute atomic E-state index is 12.5. The smallest absolute Gasteiger partial charge is 0.323 e. The molecule has 0 amide bonds. The zero-order valence-corrected chi connectivity index (χ0v) is 22.5. The highest BCUT2D eigenvalue weighted by Gasteiger charge is 2.21. The van der Waals surface area contributed by atoms with Gasteiger partial charge in [0.2, 0.25) is 0 Å². The molecule has 0 saturated heterocycles. The second kappa shape index (κ2) is 19.2. The fourth-order valence-electron chi connectivity index (χ4n) is 4.65. The minimum absolute atomic E-state index is 0.151. The summed E-state index contributed by atoms with van der Waals surface area (Å²) in [5, 5.41) is 4.64. The highest BCUT2D eigenvalue weighted by molar-refractivity contribution is 5.84. The van der Waals surface area contributed by atoms with Crippen molar-refractivity contribution in [2.75, 3.05) is 13.2 Å². The predicted octanol–water partition coefficient (Wildman–Crippen LogP) is 8.27. The molecule has 0 saturated carbocycles. The van der Waals surface area contributed by atoms with Crippen molar-refractivity contribution >= 4 is 16.9 Å². The van der Waals surface area contributed by atoms with Crippen LogP contribution in [0.2, 0.25) is 0 Å². The lowest BCUT2D eigenvalue weighted by molar-refractivity contribution is -0.145. The topological polar surface area (TPSA) is 54.1 Å². The third-order valence-corrected chi connectivity index (χ3v) is 6.75. The summed E-state index contributed by atoms with van der Waals surface area (Å²) in [6.07, 6.45) is 25.7. The first kappa shape index (κ1) is 29.2. The molecule has 1 aromatic carbocycles. The molecule has 35 heavy (non-hydrogen) atoms. The van der Waals surface area contributed by atoms with E-state index in [1.165, 1.54) is 88.9 Å². The van der Waals surface area contributed by atoms with Crippen LogP contribution in [-0.4, -0.2) is 30.1 Å². The number of unbranched alkanes of at least 4 members (excludes halogenated alkanes) is 12. The van der Waals surface area contributed by atoms with Crippen LogP contribution < -0.4 is 5.32 Å². The van der Waals surface area contributed by atoms with Gasteiger partial charge in [0.1, 0.15) is 6.04 Å². The van der Waals surface area contributed by atoms with E-state index in [1.54, 1.807) is 0 Å². The minimum Gasteiger partial charge on any atom is -0.465 e. The summed E-state index contributed by atoms with van der Waals surface area (Å²) in [6.45, 7) is 5.41. The van der Waals surface area contributed by atoms with Crippen molar-refractivity contribution in [1.29, 1.82) is 0 Å². The van der Waals surface area contributed by atoms with Gasteiger partial charge in [0.05, 0.1) is 6.61 Å². The lowest BCUT2D eigenvalue weighted by Crippen LogP contribution is -2.40. The van der Waals surface area contributed by atoms with Crippen molar-refractivity contribution < 1.29 is 9.53 Å². The fourth-order valence-corrected chi connectivity index (χ4v) is 4.65. The third kappa shape index (κ3) is 12.5. The van der Waals surface area contributed by atoms with Crippen LogP contribution in [0.5, 0.6) is 0 Å². The molecule has 0 fully saturated rings. The summed E-state index contributed by atoms with van der Waals surface area (Å²) in [5.41, 5.74) is 2.27. The SMILES string of the molecule is CCCCCCCCC=CCCCCCCCCN[C@@H](Cc1c[nH]c2ccccc12)C(=O)OCC. The predicted molar refractivity (Wildman–Crippen MR) is 150 cm³/mol. The molecule has 2 N–H and O–H groups in total. The van der Waals surface area contributed by atoms with Gasteiger partial charge in [-0.25, -0.2) is 0 Å². The Hall–Kier alpha value is -2.07. The van der Waals surface area contributed by atoms with Gasteiger partial charge in [0, 0.05) is 23.5 Å². The molecular weight excluding hydrogens is 432 g/mol. The first-order valence-electron chi connectivity index (χ1n) is 14.4. The van der Waals surface area contributed by atoms with E-state index in [1.807, 2.05) is 25.3 Å². The lowest BCUT2D eigenvalue weighted by Gasteiger charge is -2.17. The minimum atomic E-state index is -0.294. The molecule has 2 aromatic rings. The molecule has 0 aliphatic carbocycles. The van der Waals surface area contributed by atoms with Crippen molar-refractivity contribution in [3.8, 4) is 0 Å². The summed E-state index contributed by atoms with van der Waals surface area (Å²) in [6, 6.07) is 7.95. The zero-order valence-electron chi connectivity index (χ0n) is 22.5. The van der Waals surface area contributed by atoms with Crippen LogP contribution in [-0.2, 0) is 16.0 Å². The van der Waals surface area contributed by atoms with Crippen molar-refractivity contribution in [2.45, 2.75) is 116 Å². The Kier molecular flexibility index (Phi) is 16.0. The molecule has 0 bridgehead atoms. The number of carbonyl (C=O) groups excluding carboxylic acids is 1.